The molecule has 0 aliphatic rings. The normalized spacial score (nSPS) is 12.1. The zero-order valence-electron chi connectivity index (χ0n) is 12.3. The predicted molar refractivity (Wildman–Crippen MR) is 85.1 cm³/mol. The van der Waals surface area contributed by atoms with Crippen molar-refractivity contribution in [2.45, 2.75) is 13.0 Å². The quantitative estimate of drug-likeness (QED) is 0.840. The molecule has 1 atom stereocenters. The molecule has 0 aliphatic carbocycles. The SMILES string of the molecule is CSCC(C)N(C)C(=O)c1cc(N)ccc1N(C)C. The van der Waals surface area contributed by atoms with Gasteiger partial charge in [-0.05, 0) is 31.4 Å². The van der Waals surface area contributed by atoms with Gasteiger partial charge in [-0.3, -0.25) is 4.79 Å². The summed E-state index contributed by atoms with van der Waals surface area (Å²) in [4.78, 5) is 16.3. The van der Waals surface area contributed by atoms with E-state index in [1.54, 1.807) is 22.7 Å². The van der Waals surface area contributed by atoms with Crippen molar-refractivity contribution >= 4 is 29.0 Å². The van der Waals surface area contributed by atoms with Gasteiger partial charge < -0.3 is 15.5 Å². The minimum atomic E-state index is 0.0116. The molecule has 4 nitrogen and oxygen atoms in total. The topological polar surface area (TPSA) is 49.6 Å². The van der Waals surface area contributed by atoms with Gasteiger partial charge in [-0.25, -0.2) is 0 Å². The molecule has 0 aliphatic heterocycles. The Bertz CT molecular complexity index is 448. The van der Waals surface area contributed by atoms with Crippen molar-refractivity contribution in [1.29, 1.82) is 0 Å². The number of nitrogens with zero attached hydrogens (tertiary/aromatic N) is 2. The Morgan fingerprint density at radius 3 is 2.53 bits per heavy atom. The van der Waals surface area contributed by atoms with Crippen LogP contribution >= 0.6 is 11.8 Å². The third-order valence-electron chi connectivity index (χ3n) is 3.12. The van der Waals surface area contributed by atoms with E-state index in [0.717, 1.165) is 11.4 Å². The zero-order valence-corrected chi connectivity index (χ0v) is 13.1. The molecule has 0 heterocycles. The fourth-order valence-corrected chi connectivity index (χ4v) is 2.56. The fraction of sp³-hybridized carbons (Fsp3) is 0.500. The Morgan fingerprint density at radius 1 is 1.37 bits per heavy atom. The molecule has 0 fully saturated rings. The second-order valence-corrected chi connectivity index (χ2v) is 5.80. The number of benzene rings is 1. The Labute approximate surface area is 119 Å². The Balaban J connectivity index is 3.07. The fourth-order valence-electron chi connectivity index (χ4n) is 1.86. The van der Waals surface area contributed by atoms with Crippen molar-refractivity contribution in [3.63, 3.8) is 0 Å². The lowest BCUT2D eigenvalue weighted by Gasteiger charge is -2.26. The number of carbonyl (C=O) groups is 1. The summed E-state index contributed by atoms with van der Waals surface area (Å²) in [5.74, 6) is 0.930. The second kappa shape index (κ2) is 6.70. The average molecular weight is 281 g/mol. The molecule has 2 N–H and O–H groups in total. The first-order chi connectivity index (χ1) is 8.88. The van der Waals surface area contributed by atoms with Crippen LogP contribution in [0.25, 0.3) is 0 Å². The third-order valence-corrected chi connectivity index (χ3v) is 3.94. The minimum Gasteiger partial charge on any atom is -0.399 e. The van der Waals surface area contributed by atoms with Crippen molar-refractivity contribution < 1.29 is 4.79 Å². The molecule has 0 aromatic heterocycles. The summed E-state index contributed by atoms with van der Waals surface area (Å²) in [6.45, 7) is 2.05. The zero-order chi connectivity index (χ0) is 14.6. The molecule has 1 unspecified atom stereocenters. The standard InChI is InChI=1S/C14H23N3OS/c1-10(9-19-5)17(4)14(18)12-8-11(15)6-7-13(12)16(2)3/h6-8,10H,9,15H2,1-5H3. The summed E-state index contributed by atoms with van der Waals surface area (Å²) < 4.78 is 0. The Kier molecular flexibility index (Phi) is 5.54. The van der Waals surface area contributed by atoms with Crippen LogP contribution in [0, 0.1) is 0 Å². The number of anilines is 2. The maximum absolute atomic E-state index is 12.6. The largest absolute Gasteiger partial charge is 0.399 e. The summed E-state index contributed by atoms with van der Waals surface area (Å²) in [5, 5.41) is 0. The molecule has 0 bridgehead atoms. The Hall–Kier alpha value is -1.36. The molecule has 1 rings (SSSR count). The van der Waals surface area contributed by atoms with Crippen LogP contribution in [0.15, 0.2) is 18.2 Å². The van der Waals surface area contributed by atoms with Crippen LogP contribution in [0.4, 0.5) is 11.4 Å². The van der Waals surface area contributed by atoms with E-state index in [0.29, 0.717) is 11.3 Å². The van der Waals surface area contributed by atoms with Crippen LogP contribution < -0.4 is 10.6 Å². The van der Waals surface area contributed by atoms with E-state index in [9.17, 15) is 4.79 Å². The summed E-state index contributed by atoms with van der Waals surface area (Å²) in [6, 6.07) is 5.64. The molecule has 19 heavy (non-hydrogen) atoms. The molecular weight excluding hydrogens is 258 g/mol. The molecule has 1 aromatic carbocycles. The van der Waals surface area contributed by atoms with Gasteiger partial charge in [0.1, 0.15) is 0 Å². The van der Waals surface area contributed by atoms with Gasteiger partial charge in [0.05, 0.1) is 5.56 Å². The predicted octanol–water partition coefficient (Wildman–Crippen LogP) is 2.16. The number of amides is 1. The van der Waals surface area contributed by atoms with Crippen LogP contribution in [0.2, 0.25) is 0 Å². The molecule has 0 saturated heterocycles. The molecule has 0 saturated carbocycles. The van der Waals surface area contributed by atoms with Gasteiger partial charge in [0, 0.05) is 44.3 Å². The lowest BCUT2D eigenvalue weighted by atomic mass is 10.1. The first-order valence-corrected chi connectivity index (χ1v) is 7.60. The first-order valence-electron chi connectivity index (χ1n) is 6.21. The molecule has 1 amide bonds. The van der Waals surface area contributed by atoms with E-state index in [4.69, 9.17) is 5.73 Å². The van der Waals surface area contributed by atoms with Crippen molar-refractivity contribution in [3.05, 3.63) is 23.8 Å². The number of rotatable bonds is 5. The van der Waals surface area contributed by atoms with E-state index < -0.39 is 0 Å². The van der Waals surface area contributed by atoms with Gasteiger partial charge in [-0.2, -0.15) is 11.8 Å². The van der Waals surface area contributed by atoms with Gasteiger partial charge in [0.25, 0.3) is 5.91 Å². The van der Waals surface area contributed by atoms with Crippen LogP contribution in [0.1, 0.15) is 17.3 Å². The van der Waals surface area contributed by atoms with Crippen molar-refractivity contribution in [1.82, 2.24) is 4.90 Å². The minimum absolute atomic E-state index is 0.0116. The smallest absolute Gasteiger partial charge is 0.256 e. The van der Waals surface area contributed by atoms with Crippen LogP contribution in [-0.4, -0.2) is 50.0 Å². The molecular formula is C14H23N3OS. The van der Waals surface area contributed by atoms with Crippen molar-refractivity contribution in [2.24, 2.45) is 0 Å². The monoisotopic (exact) mass is 281 g/mol. The van der Waals surface area contributed by atoms with Crippen LogP contribution in [0.3, 0.4) is 0 Å². The summed E-state index contributed by atoms with van der Waals surface area (Å²) in [5.41, 5.74) is 7.96. The molecule has 106 valence electrons. The summed E-state index contributed by atoms with van der Waals surface area (Å²) >= 11 is 1.74. The highest BCUT2D eigenvalue weighted by atomic mass is 32.2. The average Bonchev–Trinajstić information content (AvgIpc) is 2.36. The van der Waals surface area contributed by atoms with Gasteiger partial charge >= 0.3 is 0 Å². The van der Waals surface area contributed by atoms with Crippen molar-refractivity contribution in [3.8, 4) is 0 Å². The molecule has 0 spiro atoms. The van der Waals surface area contributed by atoms with Crippen molar-refractivity contribution in [2.75, 3.05) is 43.8 Å². The van der Waals surface area contributed by atoms with Gasteiger partial charge in [-0.1, -0.05) is 0 Å². The number of carbonyl (C=O) groups excluding carboxylic acids is 1. The van der Waals surface area contributed by atoms with E-state index in [1.807, 2.05) is 44.4 Å². The third kappa shape index (κ3) is 3.80. The van der Waals surface area contributed by atoms with E-state index in [1.165, 1.54) is 0 Å². The number of thioether (sulfide) groups is 1. The lowest BCUT2D eigenvalue weighted by molar-refractivity contribution is 0.0758. The first kappa shape index (κ1) is 15.7. The molecule has 5 heteroatoms. The number of nitrogen functional groups attached to an aromatic ring is 1. The maximum atomic E-state index is 12.6. The Morgan fingerprint density at radius 2 is 2.00 bits per heavy atom. The number of nitrogens with two attached hydrogens (primary N) is 1. The van der Waals surface area contributed by atoms with Gasteiger partial charge in [-0.15, -0.1) is 0 Å². The van der Waals surface area contributed by atoms with Crippen LogP contribution in [-0.2, 0) is 0 Å². The molecule has 1 aromatic rings. The second-order valence-electron chi connectivity index (χ2n) is 4.89. The lowest BCUT2D eigenvalue weighted by Crippen LogP contribution is -2.37. The highest BCUT2D eigenvalue weighted by Gasteiger charge is 2.20. The number of hydrogen-bond acceptors (Lipinski definition) is 4. The van der Waals surface area contributed by atoms with E-state index in [2.05, 4.69) is 6.92 Å². The number of hydrogen-bond donors (Lipinski definition) is 1. The van der Waals surface area contributed by atoms with Gasteiger partial charge in [0.2, 0.25) is 0 Å². The summed E-state index contributed by atoms with van der Waals surface area (Å²) in [7, 11) is 5.69. The summed E-state index contributed by atoms with van der Waals surface area (Å²) in [6.07, 6.45) is 2.04. The molecule has 0 radical (unpaired) electrons. The maximum Gasteiger partial charge on any atom is 0.256 e. The highest BCUT2D eigenvalue weighted by molar-refractivity contribution is 7.98. The van der Waals surface area contributed by atoms with Crippen LogP contribution in [0.5, 0.6) is 0 Å². The van der Waals surface area contributed by atoms with Gasteiger partial charge in [0.15, 0.2) is 0 Å². The van der Waals surface area contributed by atoms with E-state index >= 15 is 0 Å². The van der Waals surface area contributed by atoms with E-state index in [-0.39, 0.29) is 11.9 Å². The highest BCUT2D eigenvalue weighted by Crippen LogP contribution is 2.23.